The summed E-state index contributed by atoms with van der Waals surface area (Å²) in [5.41, 5.74) is 6.57. The van der Waals surface area contributed by atoms with E-state index >= 15 is 0 Å². The summed E-state index contributed by atoms with van der Waals surface area (Å²) in [6, 6.07) is 0. The van der Waals surface area contributed by atoms with Gasteiger partial charge in [0.15, 0.2) is 0 Å². The molecule has 0 unspecified atom stereocenters. The smallest absolute Gasteiger partial charge is 0.00173 e. The van der Waals surface area contributed by atoms with Gasteiger partial charge in [-0.3, -0.25) is 0 Å². The number of hydrogen-bond donors (Lipinski definition) is 1. The Hall–Kier alpha value is 0.310. The van der Waals surface area contributed by atoms with Crippen molar-refractivity contribution in [1.82, 2.24) is 0 Å². The van der Waals surface area contributed by atoms with Crippen LogP contribution in [0.3, 0.4) is 0 Å². The summed E-state index contributed by atoms with van der Waals surface area (Å²) >= 11 is 2.12. The SMILES string of the molecule is NCC1(C2CCCC2)CCSCC1. The van der Waals surface area contributed by atoms with Crippen molar-refractivity contribution in [1.29, 1.82) is 0 Å². The van der Waals surface area contributed by atoms with Crippen LogP contribution >= 0.6 is 11.8 Å². The van der Waals surface area contributed by atoms with Gasteiger partial charge in [-0.2, -0.15) is 11.8 Å². The molecule has 1 aliphatic heterocycles. The van der Waals surface area contributed by atoms with E-state index in [-0.39, 0.29) is 0 Å². The van der Waals surface area contributed by atoms with Crippen LogP contribution in [0.15, 0.2) is 0 Å². The van der Waals surface area contributed by atoms with Crippen LogP contribution in [-0.2, 0) is 0 Å². The van der Waals surface area contributed by atoms with Crippen molar-refractivity contribution in [2.45, 2.75) is 38.5 Å². The Bertz CT molecular complexity index is 157. The third-order valence-corrected chi connectivity index (χ3v) is 5.10. The van der Waals surface area contributed by atoms with Gasteiger partial charge in [0.05, 0.1) is 0 Å². The first kappa shape index (κ1) is 9.85. The molecule has 2 heteroatoms. The van der Waals surface area contributed by atoms with Crippen LogP contribution in [0.2, 0.25) is 0 Å². The van der Waals surface area contributed by atoms with Crippen molar-refractivity contribution in [3.63, 3.8) is 0 Å². The van der Waals surface area contributed by atoms with Crippen molar-refractivity contribution in [2.24, 2.45) is 17.1 Å². The summed E-state index contributed by atoms with van der Waals surface area (Å²) < 4.78 is 0. The molecule has 0 aromatic rings. The van der Waals surface area contributed by atoms with Gasteiger partial charge < -0.3 is 5.73 Å². The van der Waals surface area contributed by atoms with Gasteiger partial charge in [-0.05, 0) is 55.1 Å². The zero-order valence-electron chi connectivity index (χ0n) is 8.43. The lowest BCUT2D eigenvalue weighted by Gasteiger charge is -2.41. The zero-order valence-corrected chi connectivity index (χ0v) is 9.24. The maximum atomic E-state index is 6.01. The van der Waals surface area contributed by atoms with Gasteiger partial charge in [0, 0.05) is 0 Å². The minimum Gasteiger partial charge on any atom is -0.330 e. The molecule has 0 radical (unpaired) electrons. The Kier molecular flexibility index (Phi) is 3.20. The van der Waals surface area contributed by atoms with Gasteiger partial charge in [-0.25, -0.2) is 0 Å². The van der Waals surface area contributed by atoms with Gasteiger partial charge >= 0.3 is 0 Å². The van der Waals surface area contributed by atoms with Gasteiger partial charge in [0.1, 0.15) is 0 Å². The lowest BCUT2D eigenvalue weighted by atomic mass is 9.70. The highest BCUT2D eigenvalue weighted by Crippen LogP contribution is 2.47. The Morgan fingerprint density at radius 3 is 2.31 bits per heavy atom. The van der Waals surface area contributed by atoms with E-state index in [2.05, 4.69) is 11.8 Å². The van der Waals surface area contributed by atoms with Crippen LogP contribution in [0.4, 0.5) is 0 Å². The Labute approximate surface area is 85.8 Å². The van der Waals surface area contributed by atoms with Gasteiger partial charge in [-0.1, -0.05) is 12.8 Å². The maximum Gasteiger partial charge on any atom is -0.00173 e. The van der Waals surface area contributed by atoms with Crippen molar-refractivity contribution in [3.05, 3.63) is 0 Å². The van der Waals surface area contributed by atoms with E-state index in [1.165, 1.54) is 50.0 Å². The molecule has 2 aliphatic rings. The first-order chi connectivity index (χ1) is 6.37. The first-order valence-corrected chi connectivity index (χ1v) is 6.81. The summed E-state index contributed by atoms with van der Waals surface area (Å²) in [5.74, 6) is 3.68. The number of rotatable bonds is 2. The van der Waals surface area contributed by atoms with Crippen LogP contribution in [0.5, 0.6) is 0 Å². The number of nitrogens with two attached hydrogens (primary N) is 1. The molecule has 2 fully saturated rings. The van der Waals surface area contributed by atoms with E-state index in [0.717, 1.165) is 12.5 Å². The highest BCUT2D eigenvalue weighted by atomic mass is 32.2. The molecule has 0 aromatic carbocycles. The molecule has 1 heterocycles. The van der Waals surface area contributed by atoms with Crippen LogP contribution in [-0.4, -0.2) is 18.1 Å². The molecular formula is C11H21NS. The number of hydrogen-bond acceptors (Lipinski definition) is 2. The Morgan fingerprint density at radius 2 is 1.77 bits per heavy atom. The van der Waals surface area contributed by atoms with E-state index in [0.29, 0.717) is 5.41 Å². The second-order valence-corrected chi connectivity index (χ2v) is 5.88. The molecule has 0 atom stereocenters. The topological polar surface area (TPSA) is 26.0 Å². The van der Waals surface area contributed by atoms with Gasteiger partial charge in [-0.15, -0.1) is 0 Å². The molecule has 0 bridgehead atoms. The summed E-state index contributed by atoms with van der Waals surface area (Å²) in [4.78, 5) is 0. The molecule has 1 aliphatic carbocycles. The summed E-state index contributed by atoms with van der Waals surface area (Å²) in [7, 11) is 0. The predicted octanol–water partition coefficient (Wildman–Crippen LogP) is 2.65. The van der Waals surface area contributed by atoms with Crippen LogP contribution in [0.25, 0.3) is 0 Å². The molecule has 13 heavy (non-hydrogen) atoms. The van der Waals surface area contributed by atoms with Crippen LogP contribution in [0, 0.1) is 11.3 Å². The Balaban J connectivity index is 2.03. The van der Waals surface area contributed by atoms with E-state index in [4.69, 9.17) is 5.73 Å². The van der Waals surface area contributed by atoms with E-state index in [9.17, 15) is 0 Å². The van der Waals surface area contributed by atoms with E-state index in [1.54, 1.807) is 0 Å². The fourth-order valence-corrected chi connectivity index (χ4v) is 4.40. The lowest BCUT2D eigenvalue weighted by Crippen LogP contribution is -2.40. The fraction of sp³-hybridized carbons (Fsp3) is 1.00. The quantitative estimate of drug-likeness (QED) is 0.740. The summed E-state index contributed by atoms with van der Waals surface area (Å²) in [6.07, 6.45) is 8.61. The predicted molar refractivity (Wildman–Crippen MR) is 60.0 cm³/mol. The van der Waals surface area contributed by atoms with E-state index in [1.807, 2.05) is 0 Å². The second kappa shape index (κ2) is 4.22. The average molecular weight is 199 g/mol. The minimum absolute atomic E-state index is 0.557. The fourth-order valence-electron chi connectivity index (χ4n) is 3.10. The van der Waals surface area contributed by atoms with Crippen LogP contribution < -0.4 is 5.73 Å². The standard InChI is InChI=1S/C11H21NS/c12-9-11(5-7-13-8-6-11)10-3-1-2-4-10/h10H,1-9,12H2. The normalized spacial score (nSPS) is 29.3. The highest BCUT2D eigenvalue weighted by Gasteiger charge is 2.39. The molecule has 0 amide bonds. The molecule has 0 spiro atoms. The van der Waals surface area contributed by atoms with Crippen molar-refractivity contribution >= 4 is 11.8 Å². The summed E-state index contributed by atoms with van der Waals surface area (Å²) in [6.45, 7) is 0.943. The maximum absolute atomic E-state index is 6.01. The monoisotopic (exact) mass is 199 g/mol. The molecular weight excluding hydrogens is 178 g/mol. The molecule has 76 valence electrons. The van der Waals surface area contributed by atoms with Crippen molar-refractivity contribution in [2.75, 3.05) is 18.1 Å². The molecule has 1 nitrogen and oxygen atoms in total. The second-order valence-electron chi connectivity index (χ2n) is 4.66. The van der Waals surface area contributed by atoms with Gasteiger partial charge in [0.2, 0.25) is 0 Å². The zero-order chi connectivity index (χ0) is 9.15. The van der Waals surface area contributed by atoms with Crippen LogP contribution in [0.1, 0.15) is 38.5 Å². The third-order valence-electron chi connectivity index (χ3n) is 4.12. The number of thioether (sulfide) groups is 1. The first-order valence-electron chi connectivity index (χ1n) is 5.65. The molecule has 1 saturated heterocycles. The highest BCUT2D eigenvalue weighted by molar-refractivity contribution is 7.99. The van der Waals surface area contributed by atoms with Crippen molar-refractivity contribution < 1.29 is 0 Å². The molecule has 0 aromatic heterocycles. The molecule has 2 rings (SSSR count). The molecule has 1 saturated carbocycles. The minimum atomic E-state index is 0.557. The Morgan fingerprint density at radius 1 is 1.15 bits per heavy atom. The average Bonchev–Trinajstić information content (AvgIpc) is 2.72. The third kappa shape index (κ3) is 1.89. The van der Waals surface area contributed by atoms with Gasteiger partial charge in [0.25, 0.3) is 0 Å². The van der Waals surface area contributed by atoms with E-state index < -0.39 is 0 Å². The summed E-state index contributed by atoms with van der Waals surface area (Å²) in [5, 5.41) is 0. The largest absolute Gasteiger partial charge is 0.330 e. The molecule has 2 N–H and O–H groups in total. The lowest BCUT2D eigenvalue weighted by molar-refractivity contribution is 0.155. The van der Waals surface area contributed by atoms with Crippen molar-refractivity contribution in [3.8, 4) is 0 Å².